The summed E-state index contributed by atoms with van der Waals surface area (Å²) in [5.74, 6) is -1.98. The Balaban J connectivity index is 2.12. The number of ketones is 1. The van der Waals surface area contributed by atoms with E-state index < -0.39 is 24.1 Å². The molecule has 0 saturated carbocycles. The third kappa shape index (κ3) is 3.35. The summed E-state index contributed by atoms with van der Waals surface area (Å²) in [7, 11) is 1.29. The van der Waals surface area contributed by atoms with E-state index in [0.29, 0.717) is 5.56 Å². The molecule has 0 amide bonds. The van der Waals surface area contributed by atoms with Gasteiger partial charge in [0.2, 0.25) is 5.78 Å². The van der Waals surface area contributed by atoms with Gasteiger partial charge in [0.25, 0.3) is 0 Å². The fraction of sp³-hybridized carbons (Fsp3) is 0.125. The summed E-state index contributed by atoms with van der Waals surface area (Å²) in [6.45, 7) is -0.553. The van der Waals surface area contributed by atoms with Crippen LogP contribution in [0.4, 0.5) is 0 Å². The van der Waals surface area contributed by atoms with Crippen molar-refractivity contribution in [1.29, 1.82) is 0 Å². The number of carbonyl (C=O) groups excluding carboxylic acids is 2. The van der Waals surface area contributed by atoms with E-state index >= 15 is 0 Å². The molecule has 22 heavy (non-hydrogen) atoms. The third-order valence-electron chi connectivity index (χ3n) is 2.91. The number of esters is 1. The van der Waals surface area contributed by atoms with Crippen LogP contribution in [0.2, 0.25) is 0 Å². The lowest BCUT2D eigenvalue weighted by atomic mass is 10.1. The Morgan fingerprint density at radius 2 is 1.77 bits per heavy atom. The minimum atomic E-state index is -0.647. The molecular weight excluding hydrogens is 288 g/mol. The van der Waals surface area contributed by atoms with Crippen LogP contribution in [0.3, 0.4) is 0 Å². The quantitative estimate of drug-likeness (QED) is 0.649. The summed E-state index contributed by atoms with van der Waals surface area (Å²) in [6.07, 6.45) is 0. The van der Waals surface area contributed by atoms with Crippen LogP contribution in [0, 0.1) is 0 Å². The van der Waals surface area contributed by atoms with E-state index in [0.717, 1.165) is 6.07 Å². The lowest BCUT2D eigenvalue weighted by molar-refractivity contribution is 0.0473. The van der Waals surface area contributed by atoms with Gasteiger partial charge in [-0.2, -0.15) is 0 Å². The predicted molar refractivity (Wildman–Crippen MR) is 77.4 cm³/mol. The zero-order valence-corrected chi connectivity index (χ0v) is 11.8. The first-order valence-electron chi connectivity index (χ1n) is 6.38. The number of phenolic OH excluding ortho intramolecular Hbond substituents is 2. The van der Waals surface area contributed by atoms with E-state index in [1.165, 1.54) is 13.2 Å². The zero-order chi connectivity index (χ0) is 16.1. The highest BCUT2D eigenvalue weighted by atomic mass is 16.5. The molecule has 0 aliphatic rings. The van der Waals surface area contributed by atoms with Crippen molar-refractivity contribution in [1.82, 2.24) is 0 Å². The van der Waals surface area contributed by atoms with E-state index in [9.17, 15) is 19.8 Å². The van der Waals surface area contributed by atoms with Gasteiger partial charge in [-0.1, -0.05) is 18.2 Å². The summed E-state index contributed by atoms with van der Waals surface area (Å²) < 4.78 is 9.85. The molecule has 114 valence electrons. The second kappa shape index (κ2) is 6.62. The Morgan fingerprint density at radius 3 is 2.41 bits per heavy atom. The van der Waals surface area contributed by atoms with Gasteiger partial charge in [-0.15, -0.1) is 0 Å². The number of rotatable bonds is 5. The highest BCUT2D eigenvalue weighted by Crippen LogP contribution is 2.33. The Bertz CT molecular complexity index is 693. The Labute approximate surface area is 126 Å². The van der Waals surface area contributed by atoms with Crippen molar-refractivity contribution in [2.24, 2.45) is 0 Å². The van der Waals surface area contributed by atoms with Crippen LogP contribution in [0.1, 0.15) is 20.7 Å². The molecule has 0 heterocycles. The highest BCUT2D eigenvalue weighted by Gasteiger charge is 2.20. The van der Waals surface area contributed by atoms with Crippen molar-refractivity contribution >= 4 is 11.8 Å². The number of methoxy groups -OCH3 is 1. The predicted octanol–water partition coefficient (Wildman–Crippen LogP) is 2.15. The van der Waals surface area contributed by atoms with Crippen molar-refractivity contribution in [2.45, 2.75) is 0 Å². The maximum Gasteiger partial charge on any atom is 0.338 e. The van der Waals surface area contributed by atoms with Crippen LogP contribution in [0.25, 0.3) is 0 Å². The van der Waals surface area contributed by atoms with Crippen LogP contribution in [0.15, 0.2) is 42.5 Å². The van der Waals surface area contributed by atoms with Gasteiger partial charge in [0, 0.05) is 12.1 Å². The monoisotopic (exact) mass is 302 g/mol. The summed E-state index contributed by atoms with van der Waals surface area (Å²) in [4.78, 5) is 23.9. The SMILES string of the molecule is COc1cc(O)cc(O)c1C(=O)COC(=O)c1ccccc1. The number of aromatic hydroxyl groups is 2. The first kappa shape index (κ1) is 15.4. The van der Waals surface area contributed by atoms with E-state index in [-0.39, 0.29) is 17.1 Å². The maximum atomic E-state index is 12.1. The normalized spacial score (nSPS) is 10.0. The summed E-state index contributed by atoms with van der Waals surface area (Å²) in [5, 5.41) is 19.1. The van der Waals surface area contributed by atoms with E-state index in [1.807, 2.05) is 0 Å². The molecule has 0 saturated heterocycles. The van der Waals surface area contributed by atoms with Crippen molar-refractivity contribution in [3.63, 3.8) is 0 Å². The molecule has 0 atom stereocenters. The molecule has 6 heteroatoms. The zero-order valence-electron chi connectivity index (χ0n) is 11.8. The van der Waals surface area contributed by atoms with Gasteiger partial charge in [-0.05, 0) is 12.1 Å². The fourth-order valence-electron chi connectivity index (χ4n) is 1.89. The molecule has 2 aromatic rings. The lowest BCUT2D eigenvalue weighted by Gasteiger charge is -2.10. The van der Waals surface area contributed by atoms with Gasteiger partial charge in [0.1, 0.15) is 22.8 Å². The number of ether oxygens (including phenoxy) is 2. The second-order valence-electron chi connectivity index (χ2n) is 4.41. The topological polar surface area (TPSA) is 93.1 Å². The third-order valence-corrected chi connectivity index (χ3v) is 2.91. The average molecular weight is 302 g/mol. The number of carbonyl (C=O) groups is 2. The molecule has 0 bridgehead atoms. The van der Waals surface area contributed by atoms with E-state index in [1.54, 1.807) is 30.3 Å². The first-order chi connectivity index (χ1) is 10.5. The minimum absolute atomic E-state index is 0.00161. The minimum Gasteiger partial charge on any atom is -0.508 e. The van der Waals surface area contributed by atoms with Crippen molar-refractivity contribution in [3.05, 3.63) is 53.6 Å². The van der Waals surface area contributed by atoms with Gasteiger partial charge in [-0.25, -0.2) is 4.79 Å². The van der Waals surface area contributed by atoms with Gasteiger partial charge >= 0.3 is 5.97 Å². The molecule has 2 aromatic carbocycles. The number of hydrogen-bond donors (Lipinski definition) is 2. The molecular formula is C16H14O6. The number of phenols is 2. The molecule has 0 spiro atoms. The van der Waals surface area contributed by atoms with Crippen molar-refractivity contribution < 1.29 is 29.3 Å². The van der Waals surface area contributed by atoms with Gasteiger partial charge in [0.15, 0.2) is 6.61 Å². The average Bonchev–Trinajstić information content (AvgIpc) is 2.52. The van der Waals surface area contributed by atoms with Crippen LogP contribution in [-0.2, 0) is 4.74 Å². The Kier molecular flexibility index (Phi) is 4.63. The summed E-state index contributed by atoms with van der Waals surface area (Å²) in [5.41, 5.74) is 0.165. The van der Waals surface area contributed by atoms with E-state index in [2.05, 4.69) is 0 Å². The standard InChI is InChI=1S/C16H14O6/c1-21-14-8-11(17)7-12(18)15(14)13(19)9-22-16(20)10-5-3-2-4-6-10/h2-8,17-18H,9H2,1H3. The number of hydrogen-bond acceptors (Lipinski definition) is 6. The molecule has 0 aliphatic heterocycles. The van der Waals surface area contributed by atoms with Crippen LogP contribution >= 0.6 is 0 Å². The summed E-state index contributed by atoms with van der Waals surface area (Å²) >= 11 is 0. The second-order valence-corrected chi connectivity index (χ2v) is 4.41. The first-order valence-corrected chi connectivity index (χ1v) is 6.38. The van der Waals surface area contributed by atoms with Gasteiger partial charge in [-0.3, -0.25) is 4.79 Å². The van der Waals surface area contributed by atoms with E-state index in [4.69, 9.17) is 9.47 Å². The van der Waals surface area contributed by atoms with Crippen LogP contribution in [-0.4, -0.2) is 35.7 Å². The molecule has 0 radical (unpaired) electrons. The highest BCUT2D eigenvalue weighted by molar-refractivity contribution is 6.03. The van der Waals surface area contributed by atoms with Gasteiger partial charge in [0.05, 0.1) is 12.7 Å². The Morgan fingerprint density at radius 1 is 1.09 bits per heavy atom. The molecule has 0 fully saturated rings. The summed E-state index contributed by atoms with van der Waals surface area (Å²) in [6, 6.07) is 10.4. The maximum absolute atomic E-state index is 12.1. The largest absolute Gasteiger partial charge is 0.508 e. The number of Topliss-reactive ketones (excluding diaryl/α,β-unsaturated/α-hetero) is 1. The Hall–Kier alpha value is -3.02. The molecule has 0 unspecified atom stereocenters. The molecule has 0 aliphatic carbocycles. The lowest BCUT2D eigenvalue weighted by Crippen LogP contribution is -2.15. The number of benzene rings is 2. The molecule has 2 N–H and O–H groups in total. The smallest absolute Gasteiger partial charge is 0.338 e. The van der Waals surface area contributed by atoms with Crippen molar-refractivity contribution in [3.8, 4) is 17.2 Å². The van der Waals surface area contributed by atoms with Crippen LogP contribution < -0.4 is 4.74 Å². The van der Waals surface area contributed by atoms with Crippen molar-refractivity contribution in [2.75, 3.05) is 13.7 Å². The molecule has 0 aromatic heterocycles. The van der Waals surface area contributed by atoms with Crippen LogP contribution in [0.5, 0.6) is 17.2 Å². The molecule has 6 nitrogen and oxygen atoms in total. The fourth-order valence-corrected chi connectivity index (χ4v) is 1.89. The van der Waals surface area contributed by atoms with Gasteiger partial charge < -0.3 is 19.7 Å². The molecule has 2 rings (SSSR count).